The molecule has 2 aliphatic rings. The quantitative estimate of drug-likeness (QED) is 0.909. The Kier molecular flexibility index (Phi) is 3.92. The lowest BCUT2D eigenvalue weighted by molar-refractivity contribution is -0.137. The monoisotopic (exact) mass is 274 g/mol. The summed E-state index contributed by atoms with van der Waals surface area (Å²) in [6, 6.07) is 8.32. The second-order valence-electron chi connectivity index (χ2n) is 5.57. The molecule has 1 N–H and O–H groups in total. The number of hydrogen-bond acceptors (Lipinski definition) is 3. The predicted molar refractivity (Wildman–Crippen MR) is 78.0 cm³/mol. The molecule has 4 nitrogen and oxygen atoms in total. The number of para-hydroxylation sites is 1. The van der Waals surface area contributed by atoms with E-state index in [2.05, 4.69) is 17.1 Å². The number of carbonyl (C=O) groups is 1. The van der Waals surface area contributed by atoms with Crippen molar-refractivity contribution in [2.75, 3.05) is 26.2 Å². The second kappa shape index (κ2) is 5.83. The van der Waals surface area contributed by atoms with Crippen LogP contribution in [0.2, 0.25) is 0 Å². The van der Waals surface area contributed by atoms with Crippen molar-refractivity contribution in [3.63, 3.8) is 0 Å². The molecule has 2 aliphatic heterocycles. The van der Waals surface area contributed by atoms with Crippen molar-refractivity contribution in [1.82, 2.24) is 10.2 Å². The molecule has 1 atom stereocenters. The lowest BCUT2D eigenvalue weighted by atomic mass is 9.91. The lowest BCUT2D eigenvalue weighted by Crippen LogP contribution is -2.59. The average molecular weight is 274 g/mol. The highest BCUT2D eigenvalue weighted by atomic mass is 16.5. The third-order valence-corrected chi connectivity index (χ3v) is 4.20. The number of fused-ring (bicyclic) bond motifs is 1. The molecule has 0 aromatic heterocycles. The van der Waals surface area contributed by atoms with E-state index in [9.17, 15) is 4.79 Å². The Morgan fingerprint density at radius 1 is 1.40 bits per heavy atom. The normalized spacial score (nSPS) is 21.6. The summed E-state index contributed by atoms with van der Waals surface area (Å²) in [5.41, 5.74) is 1.05. The van der Waals surface area contributed by atoms with E-state index in [1.165, 1.54) is 0 Å². The lowest BCUT2D eigenvalue weighted by Gasteiger charge is -2.40. The van der Waals surface area contributed by atoms with E-state index in [0.717, 1.165) is 43.8 Å². The van der Waals surface area contributed by atoms with Gasteiger partial charge < -0.3 is 15.0 Å². The van der Waals surface area contributed by atoms with Gasteiger partial charge in [0.05, 0.1) is 18.6 Å². The minimum Gasteiger partial charge on any atom is -0.493 e. The smallest absolute Gasteiger partial charge is 0.230 e. The number of nitrogens with zero attached hydrogens (tertiary/aromatic N) is 1. The molecule has 1 unspecified atom stereocenters. The first-order valence-corrected chi connectivity index (χ1v) is 7.54. The van der Waals surface area contributed by atoms with Crippen molar-refractivity contribution in [1.29, 1.82) is 0 Å². The summed E-state index contributed by atoms with van der Waals surface area (Å²) in [6.45, 7) is 5.47. The Morgan fingerprint density at radius 2 is 2.20 bits per heavy atom. The molecule has 0 saturated carbocycles. The average Bonchev–Trinajstić information content (AvgIpc) is 2.43. The van der Waals surface area contributed by atoms with Gasteiger partial charge >= 0.3 is 0 Å². The van der Waals surface area contributed by atoms with Gasteiger partial charge in [0, 0.05) is 25.2 Å². The van der Waals surface area contributed by atoms with Crippen LogP contribution >= 0.6 is 0 Å². The van der Waals surface area contributed by atoms with Crippen LogP contribution in [0, 0.1) is 0 Å². The van der Waals surface area contributed by atoms with Gasteiger partial charge in [0.15, 0.2) is 0 Å². The first-order chi connectivity index (χ1) is 9.81. The number of carbonyl (C=O) groups excluding carboxylic acids is 1. The zero-order chi connectivity index (χ0) is 13.9. The maximum Gasteiger partial charge on any atom is 0.230 e. The van der Waals surface area contributed by atoms with Crippen molar-refractivity contribution in [3.05, 3.63) is 29.8 Å². The molecule has 1 saturated heterocycles. The van der Waals surface area contributed by atoms with Crippen molar-refractivity contribution in [2.45, 2.75) is 31.7 Å². The molecule has 1 amide bonds. The Hall–Kier alpha value is -1.55. The highest BCUT2D eigenvalue weighted by Crippen LogP contribution is 2.35. The zero-order valence-electron chi connectivity index (χ0n) is 12.0. The van der Waals surface area contributed by atoms with Gasteiger partial charge in [0.2, 0.25) is 5.91 Å². The van der Waals surface area contributed by atoms with Crippen molar-refractivity contribution in [3.8, 4) is 5.75 Å². The number of rotatable bonds is 4. The third-order valence-electron chi connectivity index (χ3n) is 4.20. The summed E-state index contributed by atoms with van der Waals surface area (Å²) in [5, 5.41) is 3.26. The van der Waals surface area contributed by atoms with E-state index < -0.39 is 0 Å². The van der Waals surface area contributed by atoms with E-state index in [4.69, 9.17) is 4.74 Å². The van der Waals surface area contributed by atoms with E-state index in [-0.39, 0.29) is 11.8 Å². The van der Waals surface area contributed by atoms with E-state index in [1.54, 1.807) is 0 Å². The molecule has 3 rings (SSSR count). The molecule has 2 heterocycles. The number of benzene rings is 1. The SMILES string of the molecule is CCCN(C(=O)C1CCOc2ccccc21)C1CNC1. The topological polar surface area (TPSA) is 41.6 Å². The van der Waals surface area contributed by atoms with Crippen LogP contribution in [0.15, 0.2) is 24.3 Å². The van der Waals surface area contributed by atoms with E-state index in [1.807, 2.05) is 24.3 Å². The van der Waals surface area contributed by atoms with Crippen LogP contribution in [0.4, 0.5) is 0 Å². The Bertz CT molecular complexity index is 485. The molecule has 4 heteroatoms. The van der Waals surface area contributed by atoms with Crippen LogP contribution in [0.25, 0.3) is 0 Å². The van der Waals surface area contributed by atoms with Crippen LogP contribution in [0.3, 0.4) is 0 Å². The molecular weight excluding hydrogens is 252 g/mol. The molecule has 0 bridgehead atoms. The van der Waals surface area contributed by atoms with Gasteiger partial charge in [-0.15, -0.1) is 0 Å². The molecule has 1 fully saturated rings. The summed E-state index contributed by atoms with van der Waals surface area (Å²) in [6.07, 6.45) is 1.79. The Labute approximate surface area is 120 Å². The molecule has 1 aromatic carbocycles. The highest BCUT2D eigenvalue weighted by molar-refractivity contribution is 5.85. The van der Waals surface area contributed by atoms with E-state index in [0.29, 0.717) is 12.6 Å². The second-order valence-corrected chi connectivity index (χ2v) is 5.57. The van der Waals surface area contributed by atoms with Crippen LogP contribution in [0.1, 0.15) is 31.2 Å². The molecule has 0 aliphatic carbocycles. The first-order valence-electron chi connectivity index (χ1n) is 7.54. The van der Waals surface area contributed by atoms with Gasteiger partial charge in [-0.05, 0) is 18.9 Å². The zero-order valence-corrected chi connectivity index (χ0v) is 12.0. The molecular formula is C16H22N2O2. The van der Waals surface area contributed by atoms with Gasteiger partial charge in [-0.3, -0.25) is 4.79 Å². The number of ether oxygens (including phenoxy) is 1. The van der Waals surface area contributed by atoms with Crippen LogP contribution < -0.4 is 10.1 Å². The van der Waals surface area contributed by atoms with Gasteiger partial charge in [-0.25, -0.2) is 0 Å². The third kappa shape index (κ3) is 2.40. The fraction of sp³-hybridized carbons (Fsp3) is 0.562. The van der Waals surface area contributed by atoms with Crippen LogP contribution in [-0.2, 0) is 4.79 Å². The Balaban J connectivity index is 1.82. The minimum atomic E-state index is -0.0351. The number of nitrogens with one attached hydrogen (secondary N) is 1. The molecule has 0 spiro atoms. The summed E-state index contributed by atoms with van der Waals surface area (Å²) >= 11 is 0. The summed E-state index contributed by atoms with van der Waals surface area (Å²) < 4.78 is 5.66. The standard InChI is InChI=1S/C16H22N2O2/c1-2-8-18(12-10-17-11-12)16(19)14-7-9-20-15-6-4-3-5-13(14)15/h3-6,12,14,17H,2,7-11H2,1H3. The first kappa shape index (κ1) is 13.4. The maximum atomic E-state index is 12.9. The summed E-state index contributed by atoms with van der Waals surface area (Å²) in [7, 11) is 0. The van der Waals surface area contributed by atoms with Gasteiger partial charge in [0.1, 0.15) is 5.75 Å². The van der Waals surface area contributed by atoms with E-state index >= 15 is 0 Å². The molecule has 1 aromatic rings. The highest BCUT2D eigenvalue weighted by Gasteiger charge is 2.35. The maximum absolute atomic E-state index is 12.9. The predicted octanol–water partition coefficient (Wildman–Crippen LogP) is 1.76. The minimum absolute atomic E-state index is 0.0351. The molecule has 20 heavy (non-hydrogen) atoms. The Morgan fingerprint density at radius 3 is 2.90 bits per heavy atom. The number of hydrogen-bond donors (Lipinski definition) is 1. The van der Waals surface area contributed by atoms with Gasteiger partial charge in [-0.2, -0.15) is 0 Å². The van der Waals surface area contributed by atoms with Crippen LogP contribution in [-0.4, -0.2) is 43.1 Å². The molecule has 0 radical (unpaired) electrons. The van der Waals surface area contributed by atoms with Crippen molar-refractivity contribution < 1.29 is 9.53 Å². The molecule has 108 valence electrons. The van der Waals surface area contributed by atoms with Crippen molar-refractivity contribution in [2.24, 2.45) is 0 Å². The van der Waals surface area contributed by atoms with Crippen molar-refractivity contribution >= 4 is 5.91 Å². The summed E-state index contributed by atoms with van der Waals surface area (Å²) in [4.78, 5) is 15.0. The fourth-order valence-corrected chi connectivity index (χ4v) is 3.01. The van der Waals surface area contributed by atoms with Gasteiger partial charge in [-0.1, -0.05) is 25.1 Å². The fourth-order valence-electron chi connectivity index (χ4n) is 3.01. The number of amides is 1. The summed E-state index contributed by atoms with van der Waals surface area (Å²) in [5.74, 6) is 1.11. The largest absolute Gasteiger partial charge is 0.493 e. The van der Waals surface area contributed by atoms with Gasteiger partial charge in [0.25, 0.3) is 0 Å². The van der Waals surface area contributed by atoms with Crippen LogP contribution in [0.5, 0.6) is 5.75 Å².